The van der Waals surface area contributed by atoms with Crippen LogP contribution < -0.4 is 10.6 Å². The number of rotatable bonds is 4. The number of thiophene rings is 1. The van der Waals surface area contributed by atoms with Crippen LogP contribution in [-0.2, 0) is 0 Å². The third-order valence-electron chi connectivity index (χ3n) is 3.44. The number of hydrogen-bond acceptors (Lipinski definition) is 4. The number of aromatic amines is 1. The quantitative estimate of drug-likeness (QED) is 0.809. The molecular formula is C13H17N5OS. The molecule has 2 aromatic rings. The summed E-state index contributed by atoms with van der Waals surface area (Å²) in [4.78, 5) is 17.2. The molecule has 1 fully saturated rings. The Kier molecular flexibility index (Phi) is 3.68. The van der Waals surface area contributed by atoms with Crippen LogP contribution in [0.1, 0.15) is 38.1 Å². The van der Waals surface area contributed by atoms with E-state index in [1.54, 1.807) is 11.3 Å². The van der Waals surface area contributed by atoms with Crippen LogP contribution >= 0.6 is 11.3 Å². The van der Waals surface area contributed by atoms with E-state index in [4.69, 9.17) is 0 Å². The highest BCUT2D eigenvalue weighted by molar-refractivity contribution is 7.13. The Morgan fingerprint density at radius 1 is 1.55 bits per heavy atom. The van der Waals surface area contributed by atoms with Gasteiger partial charge in [-0.15, -0.1) is 11.3 Å². The van der Waals surface area contributed by atoms with Crippen molar-refractivity contribution in [2.24, 2.45) is 0 Å². The summed E-state index contributed by atoms with van der Waals surface area (Å²) < 4.78 is 0. The monoisotopic (exact) mass is 291 g/mol. The van der Waals surface area contributed by atoms with Crippen molar-refractivity contribution < 1.29 is 4.79 Å². The summed E-state index contributed by atoms with van der Waals surface area (Å²) in [5.74, 6) is 1.33. The minimum atomic E-state index is -0.198. The van der Waals surface area contributed by atoms with Gasteiger partial charge in [0, 0.05) is 6.04 Å². The fourth-order valence-corrected chi connectivity index (χ4v) is 2.69. The number of urea groups is 1. The van der Waals surface area contributed by atoms with E-state index in [-0.39, 0.29) is 12.1 Å². The fourth-order valence-electron chi connectivity index (χ4n) is 2.03. The molecule has 0 radical (unpaired) electrons. The second-order valence-corrected chi connectivity index (χ2v) is 5.94. The average Bonchev–Trinajstić information content (AvgIpc) is 3.03. The van der Waals surface area contributed by atoms with Gasteiger partial charge in [0.15, 0.2) is 5.82 Å². The molecule has 7 heteroatoms. The molecule has 20 heavy (non-hydrogen) atoms. The molecule has 2 aromatic heterocycles. The predicted octanol–water partition coefficient (Wildman–Crippen LogP) is 2.45. The zero-order chi connectivity index (χ0) is 13.9. The molecule has 1 unspecified atom stereocenters. The van der Waals surface area contributed by atoms with Crippen molar-refractivity contribution in [2.75, 3.05) is 0 Å². The van der Waals surface area contributed by atoms with Gasteiger partial charge in [-0.1, -0.05) is 6.07 Å². The summed E-state index contributed by atoms with van der Waals surface area (Å²) in [6.07, 6.45) is 3.35. The number of nitrogens with zero attached hydrogens (tertiary/aromatic N) is 2. The molecule has 106 valence electrons. The first-order chi connectivity index (χ1) is 9.72. The molecule has 3 rings (SSSR count). The molecule has 0 aromatic carbocycles. The van der Waals surface area contributed by atoms with Crippen LogP contribution in [0.4, 0.5) is 4.79 Å². The molecule has 1 saturated carbocycles. The molecule has 1 aliphatic rings. The van der Waals surface area contributed by atoms with E-state index in [1.807, 2.05) is 24.4 Å². The Hall–Kier alpha value is -1.89. The van der Waals surface area contributed by atoms with Crippen molar-refractivity contribution in [2.45, 2.75) is 38.3 Å². The van der Waals surface area contributed by atoms with Gasteiger partial charge in [-0.3, -0.25) is 5.10 Å². The Morgan fingerprint density at radius 3 is 3.05 bits per heavy atom. The third kappa shape index (κ3) is 2.82. The summed E-state index contributed by atoms with van der Waals surface area (Å²) in [6.45, 7) is 1.89. The number of carbonyl (C=O) groups is 1. The molecule has 6 nitrogen and oxygen atoms in total. The Morgan fingerprint density at radius 2 is 2.40 bits per heavy atom. The SMILES string of the molecule is CC(NC(=O)NC1CCC1)c1nc(-c2cccs2)n[nH]1. The first kappa shape index (κ1) is 13.1. The van der Waals surface area contributed by atoms with Gasteiger partial charge in [0.25, 0.3) is 0 Å². The summed E-state index contributed by atoms with van der Waals surface area (Å²) >= 11 is 1.59. The average molecular weight is 291 g/mol. The van der Waals surface area contributed by atoms with E-state index in [0.717, 1.165) is 17.7 Å². The Labute approximate surface area is 121 Å². The predicted molar refractivity (Wildman–Crippen MR) is 77.4 cm³/mol. The molecule has 1 aliphatic carbocycles. The lowest BCUT2D eigenvalue weighted by atomic mass is 9.93. The van der Waals surface area contributed by atoms with Crippen molar-refractivity contribution in [3.05, 3.63) is 23.3 Å². The van der Waals surface area contributed by atoms with Crippen molar-refractivity contribution in [1.29, 1.82) is 0 Å². The van der Waals surface area contributed by atoms with Crippen LogP contribution in [0, 0.1) is 0 Å². The molecule has 2 amide bonds. The van der Waals surface area contributed by atoms with Crippen LogP contribution in [-0.4, -0.2) is 27.3 Å². The van der Waals surface area contributed by atoms with Crippen molar-refractivity contribution >= 4 is 17.4 Å². The van der Waals surface area contributed by atoms with Gasteiger partial charge in [0.1, 0.15) is 5.82 Å². The molecule has 1 atom stereocenters. The molecular weight excluding hydrogens is 274 g/mol. The number of nitrogens with one attached hydrogen (secondary N) is 3. The van der Waals surface area contributed by atoms with Crippen molar-refractivity contribution in [1.82, 2.24) is 25.8 Å². The Bertz CT molecular complexity index is 575. The lowest BCUT2D eigenvalue weighted by molar-refractivity contribution is 0.225. The maximum atomic E-state index is 11.8. The lowest BCUT2D eigenvalue weighted by Gasteiger charge is -2.27. The first-order valence-electron chi connectivity index (χ1n) is 6.75. The van der Waals surface area contributed by atoms with E-state index in [9.17, 15) is 4.79 Å². The third-order valence-corrected chi connectivity index (χ3v) is 4.31. The summed E-state index contributed by atoms with van der Waals surface area (Å²) in [6, 6.07) is 3.93. The molecule has 0 spiro atoms. The first-order valence-corrected chi connectivity index (χ1v) is 7.63. The molecule has 0 saturated heterocycles. The molecule has 2 heterocycles. The highest BCUT2D eigenvalue weighted by Gasteiger charge is 2.21. The standard InChI is InChI=1S/C13H17N5OS/c1-8(14-13(19)15-9-4-2-5-9)11-16-12(18-17-11)10-6-3-7-20-10/h3,6-9H,2,4-5H2,1H3,(H2,14,15,19)(H,16,17,18). The van der Waals surface area contributed by atoms with Crippen LogP contribution in [0.3, 0.4) is 0 Å². The van der Waals surface area contributed by atoms with Crippen LogP contribution in [0.5, 0.6) is 0 Å². The largest absolute Gasteiger partial charge is 0.335 e. The van der Waals surface area contributed by atoms with Gasteiger partial charge in [0.2, 0.25) is 0 Å². The zero-order valence-electron chi connectivity index (χ0n) is 11.2. The van der Waals surface area contributed by atoms with E-state index in [2.05, 4.69) is 25.8 Å². The number of carbonyl (C=O) groups excluding carboxylic acids is 1. The topological polar surface area (TPSA) is 82.7 Å². The van der Waals surface area contributed by atoms with Gasteiger partial charge in [-0.2, -0.15) is 5.10 Å². The van der Waals surface area contributed by atoms with E-state index >= 15 is 0 Å². The highest BCUT2D eigenvalue weighted by Crippen LogP contribution is 2.22. The minimum absolute atomic E-state index is 0.142. The van der Waals surface area contributed by atoms with Gasteiger partial charge in [0.05, 0.1) is 10.9 Å². The van der Waals surface area contributed by atoms with Gasteiger partial charge >= 0.3 is 6.03 Å². The molecule has 0 aliphatic heterocycles. The summed E-state index contributed by atoms with van der Waals surface area (Å²) in [7, 11) is 0. The van der Waals surface area contributed by atoms with Crippen molar-refractivity contribution in [3.8, 4) is 10.7 Å². The molecule has 3 N–H and O–H groups in total. The smallest absolute Gasteiger partial charge is 0.315 e. The Balaban J connectivity index is 1.59. The summed E-state index contributed by atoms with van der Waals surface area (Å²) in [5, 5.41) is 14.9. The van der Waals surface area contributed by atoms with Gasteiger partial charge < -0.3 is 10.6 Å². The second kappa shape index (κ2) is 5.62. The maximum Gasteiger partial charge on any atom is 0.315 e. The van der Waals surface area contributed by atoms with E-state index in [1.165, 1.54) is 6.42 Å². The summed E-state index contributed by atoms with van der Waals surface area (Å²) in [5.41, 5.74) is 0. The molecule has 0 bridgehead atoms. The number of aromatic nitrogens is 3. The van der Waals surface area contributed by atoms with Crippen LogP contribution in [0.15, 0.2) is 17.5 Å². The van der Waals surface area contributed by atoms with E-state index in [0.29, 0.717) is 17.7 Å². The lowest BCUT2D eigenvalue weighted by Crippen LogP contribution is -2.45. The van der Waals surface area contributed by atoms with Gasteiger partial charge in [-0.05, 0) is 37.6 Å². The minimum Gasteiger partial charge on any atom is -0.335 e. The number of H-pyrrole nitrogens is 1. The van der Waals surface area contributed by atoms with Crippen LogP contribution in [0.25, 0.3) is 10.7 Å². The number of amides is 2. The van der Waals surface area contributed by atoms with Crippen LogP contribution in [0.2, 0.25) is 0 Å². The highest BCUT2D eigenvalue weighted by atomic mass is 32.1. The normalized spacial score (nSPS) is 16.4. The zero-order valence-corrected chi connectivity index (χ0v) is 12.0. The van der Waals surface area contributed by atoms with Gasteiger partial charge in [-0.25, -0.2) is 9.78 Å². The fraction of sp³-hybridized carbons (Fsp3) is 0.462. The maximum absolute atomic E-state index is 11.8. The van der Waals surface area contributed by atoms with Crippen molar-refractivity contribution in [3.63, 3.8) is 0 Å². The number of hydrogen-bond donors (Lipinski definition) is 3. The second-order valence-electron chi connectivity index (χ2n) is 4.99. The van der Waals surface area contributed by atoms with E-state index < -0.39 is 0 Å².